The van der Waals surface area contributed by atoms with Crippen molar-refractivity contribution in [2.45, 2.75) is 49.8 Å². The summed E-state index contributed by atoms with van der Waals surface area (Å²) in [6.07, 6.45) is 15.0. The normalized spacial score (nSPS) is 47.9. The van der Waals surface area contributed by atoms with E-state index in [1.807, 2.05) is 11.1 Å². The van der Waals surface area contributed by atoms with Crippen molar-refractivity contribution in [2.24, 2.45) is 23.7 Å². The Labute approximate surface area is 113 Å². The molecule has 92 valence electrons. The summed E-state index contributed by atoms with van der Waals surface area (Å²) >= 11 is 3.92. The second-order valence-electron chi connectivity index (χ2n) is 6.46. The standard InChI is InChI=1S/C16H21Br/c17-11-8-10-4-3-7-14-12-5-1-2-6-13(12)15(9-11)16(10)14/h3,7,10-11,14-16H,1-2,4-6,8-9H2. The first-order chi connectivity index (χ1) is 8.34. The van der Waals surface area contributed by atoms with Gasteiger partial charge in [-0.05, 0) is 62.7 Å². The van der Waals surface area contributed by atoms with Gasteiger partial charge in [-0.2, -0.15) is 0 Å². The van der Waals surface area contributed by atoms with Crippen molar-refractivity contribution in [3.63, 3.8) is 0 Å². The van der Waals surface area contributed by atoms with Crippen molar-refractivity contribution in [1.29, 1.82) is 0 Å². The highest BCUT2D eigenvalue weighted by atomic mass is 79.9. The van der Waals surface area contributed by atoms with Crippen LogP contribution in [0.4, 0.5) is 0 Å². The number of halogens is 1. The van der Waals surface area contributed by atoms with Crippen LogP contribution in [0, 0.1) is 23.7 Å². The van der Waals surface area contributed by atoms with E-state index in [1.165, 1.54) is 44.9 Å². The number of allylic oxidation sites excluding steroid dienone is 4. The highest BCUT2D eigenvalue weighted by Crippen LogP contribution is 2.58. The maximum atomic E-state index is 3.92. The van der Waals surface area contributed by atoms with E-state index in [2.05, 4.69) is 28.1 Å². The van der Waals surface area contributed by atoms with Crippen molar-refractivity contribution < 1.29 is 0 Å². The SMILES string of the molecule is BrC1CC2CC=CC3C4=C(CCCC4)C(C1)C23. The third kappa shape index (κ3) is 1.54. The van der Waals surface area contributed by atoms with E-state index < -0.39 is 0 Å². The molecule has 0 N–H and O–H groups in total. The van der Waals surface area contributed by atoms with Gasteiger partial charge in [0.25, 0.3) is 0 Å². The molecule has 1 heteroatoms. The Morgan fingerprint density at radius 3 is 2.76 bits per heavy atom. The maximum Gasteiger partial charge on any atom is 0.0154 e. The van der Waals surface area contributed by atoms with Gasteiger partial charge in [0.2, 0.25) is 0 Å². The van der Waals surface area contributed by atoms with Crippen LogP contribution < -0.4 is 0 Å². The second-order valence-corrected chi connectivity index (χ2v) is 7.75. The fourth-order valence-electron chi connectivity index (χ4n) is 5.15. The molecule has 0 saturated heterocycles. The molecule has 0 aliphatic heterocycles. The fraction of sp³-hybridized carbons (Fsp3) is 0.750. The van der Waals surface area contributed by atoms with Gasteiger partial charge in [0.15, 0.2) is 0 Å². The Morgan fingerprint density at radius 2 is 1.88 bits per heavy atom. The van der Waals surface area contributed by atoms with Crippen LogP contribution >= 0.6 is 15.9 Å². The minimum atomic E-state index is 0.787. The summed E-state index contributed by atoms with van der Waals surface area (Å²) in [5.74, 6) is 3.77. The van der Waals surface area contributed by atoms with E-state index in [4.69, 9.17) is 0 Å². The molecule has 4 rings (SSSR count). The summed E-state index contributed by atoms with van der Waals surface area (Å²) in [5, 5.41) is 0. The van der Waals surface area contributed by atoms with Crippen molar-refractivity contribution >= 4 is 15.9 Å². The Balaban J connectivity index is 1.77. The summed E-state index contributed by atoms with van der Waals surface area (Å²) in [5.41, 5.74) is 3.79. The smallest absolute Gasteiger partial charge is 0.0154 e. The summed E-state index contributed by atoms with van der Waals surface area (Å²) in [7, 11) is 0. The van der Waals surface area contributed by atoms with Crippen LogP contribution in [0.1, 0.15) is 44.9 Å². The summed E-state index contributed by atoms with van der Waals surface area (Å²) < 4.78 is 0. The van der Waals surface area contributed by atoms with E-state index in [9.17, 15) is 0 Å². The van der Waals surface area contributed by atoms with Crippen molar-refractivity contribution in [1.82, 2.24) is 0 Å². The lowest BCUT2D eigenvalue weighted by Crippen LogP contribution is -2.35. The van der Waals surface area contributed by atoms with Crippen LogP contribution in [0.2, 0.25) is 0 Å². The molecular formula is C16H21Br. The van der Waals surface area contributed by atoms with Gasteiger partial charge >= 0.3 is 0 Å². The Kier molecular flexibility index (Phi) is 2.54. The predicted octanol–water partition coefficient (Wildman–Crippen LogP) is 4.85. The van der Waals surface area contributed by atoms with Gasteiger partial charge in [-0.25, -0.2) is 0 Å². The Bertz CT molecular complexity index is 392. The molecule has 0 radical (unpaired) electrons. The molecule has 4 aliphatic carbocycles. The first kappa shape index (κ1) is 10.8. The lowest BCUT2D eigenvalue weighted by molar-refractivity contribution is 0.163. The molecule has 5 atom stereocenters. The molecule has 0 spiro atoms. The highest BCUT2D eigenvalue weighted by molar-refractivity contribution is 9.09. The van der Waals surface area contributed by atoms with Gasteiger partial charge in [0, 0.05) is 10.7 Å². The molecule has 0 aromatic heterocycles. The molecule has 1 fully saturated rings. The van der Waals surface area contributed by atoms with Crippen molar-refractivity contribution in [2.75, 3.05) is 0 Å². The van der Waals surface area contributed by atoms with Gasteiger partial charge < -0.3 is 0 Å². The van der Waals surface area contributed by atoms with Gasteiger partial charge in [-0.1, -0.05) is 39.2 Å². The molecule has 0 amide bonds. The first-order valence-corrected chi connectivity index (χ1v) is 8.28. The van der Waals surface area contributed by atoms with Gasteiger partial charge in [0.05, 0.1) is 0 Å². The lowest BCUT2D eigenvalue weighted by atomic mass is 9.65. The van der Waals surface area contributed by atoms with Crippen LogP contribution in [0.25, 0.3) is 0 Å². The van der Waals surface area contributed by atoms with Crippen LogP contribution in [0.15, 0.2) is 23.3 Å². The minimum Gasteiger partial charge on any atom is -0.0890 e. The molecule has 5 unspecified atom stereocenters. The zero-order valence-electron chi connectivity index (χ0n) is 10.4. The number of hydrogen-bond acceptors (Lipinski definition) is 0. The van der Waals surface area contributed by atoms with Crippen molar-refractivity contribution in [3.8, 4) is 0 Å². The van der Waals surface area contributed by atoms with Crippen LogP contribution in [0.3, 0.4) is 0 Å². The quantitative estimate of drug-likeness (QED) is 0.442. The molecule has 1 saturated carbocycles. The van der Waals surface area contributed by atoms with E-state index in [0.29, 0.717) is 0 Å². The third-order valence-corrected chi connectivity index (χ3v) is 6.43. The molecule has 4 aliphatic rings. The summed E-state index contributed by atoms with van der Waals surface area (Å²) in [6, 6.07) is 0. The van der Waals surface area contributed by atoms with E-state index >= 15 is 0 Å². The number of hydrogen-bond donors (Lipinski definition) is 0. The monoisotopic (exact) mass is 292 g/mol. The van der Waals surface area contributed by atoms with Crippen LogP contribution in [-0.4, -0.2) is 4.83 Å². The van der Waals surface area contributed by atoms with Crippen LogP contribution in [-0.2, 0) is 0 Å². The van der Waals surface area contributed by atoms with Gasteiger partial charge in [0.1, 0.15) is 0 Å². The van der Waals surface area contributed by atoms with Gasteiger partial charge in [-0.15, -0.1) is 0 Å². The molecule has 0 aromatic rings. The fourth-order valence-corrected chi connectivity index (χ4v) is 6.03. The lowest BCUT2D eigenvalue weighted by Gasteiger charge is -2.41. The number of alkyl halides is 1. The molecule has 17 heavy (non-hydrogen) atoms. The maximum absolute atomic E-state index is 3.92. The Hall–Kier alpha value is -0.0400. The topological polar surface area (TPSA) is 0 Å². The molecular weight excluding hydrogens is 272 g/mol. The highest BCUT2D eigenvalue weighted by Gasteiger charge is 2.49. The molecule has 0 bridgehead atoms. The number of rotatable bonds is 0. The minimum absolute atomic E-state index is 0.787. The summed E-state index contributed by atoms with van der Waals surface area (Å²) in [6.45, 7) is 0. The number of fused-ring (bicyclic) bond motifs is 2. The largest absolute Gasteiger partial charge is 0.0890 e. The van der Waals surface area contributed by atoms with Crippen LogP contribution in [0.5, 0.6) is 0 Å². The third-order valence-electron chi connectivity index (χ3n) is 5.68. The predicted molar refractivity (Wildman–Crippen MR) is 75.2 cm³/mol. The molecule has 0 heterocycles. The first-order valence-electron chi connectivity index (χ1n) is 7.37. The van der Waals surface area contributed by atoms with E-state index in [1.54, 1.807) is 0 Å². The van der Waals surface area contributed by atoms with E-state index in [-0.39, 0.29) is 0 Å². The summed E-state index contributed by atoms with van der Waals surface area (Å²) in [4.78, 5) is 0.787. The molecule has 0 aromatic carbocycles. The Morgan fingerprint density at radius 1 is 1.06 bits per heavy atom. The zero-order chi connectivity index (χ0) is 11.4. The second kappa shape index (κ2) is 3.98. The average Bonchev–Trinajstić information content (AvgIpc) is 2.67. The average molecular weight is 293 g/mol. The van der Waals surface area contributed by atoms with Crippen molar-refractivity contribution in [3.05, 3.63) is 23.3 Å². The molecule has 0 nitrogen and oxygen atoms in total. The zero-order valence-corrected chi connectivity index (χ0v) is 12.0. The van der Waals surface area contributed by atoms with Gasteiger partial charge in [-0.3, -0.25) is 0 Å². The van der Waals surface area contributed by atoms with E-state index in [0.717, 1.165) is 28.5 Å².